The first kappa shape index (κ1) is 19.2. The van der Waals surface area contributed by atoms with Crippen molar-refractivity contribution in [2.45, 2.75) is 51.4 Å². The van der Waals surface area contributed by atoms with Gasteiger partial charge in [-0.2, -0.15) is 0 Å². The molecule has 1 aromatic rings. The maximum Gasteiger partial charge on any atom is 0.414 e. The van der Waals surface area contributed by atoms with Crippen LogP contribution in [-0.2, 0) is 9.57 Å². The Hall–Kier alpha value is -2.54. The van der Waals surface area contributed by atoms with Crippen LogP contribution in [0.5, 0.6) is 5.75 Å². The lowest BCUT2D eigenvalue weighted by molar-refractivity contribution is -0.0757. The minimum atomic E-state index is -0.518. The predicted molar refractivity (Wildman–Crippen MR) is 99.1 cm³/mol. The molecule has 2 amide bonds. The van der Waals surface area contributed by atoms with E-state index in [1.54, 1.807) is 30.1 Å². The third-order valence-electron chi connectivity index (χ3n) is 4.59. The van der Waals surface area contributed by atoms with E-state index in [0.717, 1.165) is 17.1 Å². The molecule has 1 aliphatic heterocycles. The van der Waals surface area contributed by atoms with Crippen molar-refractivity contribution in [2.24, 2.45) is 0 Å². The van der Waals surface area contributed by atoms with Gasteiger partial charge >= 0.3 is 6.09 Å². The summed E-state index contributed by atoms with van der Waals surface area (Å²) in [4.78, 5) is 31.1. The zero-order chi connectivity index (χ0) is 19.8. The third kappa shape index (κ3) is 4.24. The fourth-order valence-corrected chi connectivity index (χ4v) is 3.29. The van der Waals surface area contributed by atoms with Gasteiger partial charge in [0.2, 0.25) is 0 Å². The molecule has 27 heavy (non-hydrogen) atoms. The van der Waals surface area contributed by atoms with Gasteiger partial charge < -0.3 is 9.47 Å². The molecule has 7 nitrogen and oxygen atoms in total. The maximum atomic E-state index is 12.3. The number of ether oxygens (including phenoxy) is 2. The molecule has 0 aromatic heterocycles. The number of nitrogens with zero attached hydrogens (tertiary/aromatic N) is 2. The molecule has 1 aliphatic carbocycles. The molecule has 2 aliphatic rings. The number of hydrogen-bond donors (Lipinski definition) is 0. The van der Waals surface area contributed by atoms with Gasteiger partial charge in [-0.15, -0.1) is 0 Å². The van der Waals surface area contributed by atoms with Crippen molar-refractivity contribution in [2.75, 3.05) is 14.2 Å². The fraction of sp³-hybridized carbons (Fsp3) is 0.500. The van der Waals surface area contributed by atoms with Crippen molar-refractivity contribution in [3.05, 3.63) is 41.6 Å². The highest BCUT2D eigenvalue weighted by atomic mass is 16.7. The van der Waals surface area contributed by atoms with Crippen molar-refractivity contribution in [1.29, 1.82) is 0 Å². The quantitative estimate of drug-likeness (QED) is 0.756. The molecule has 0 radical (unpaired) electrons. The van der Waals surface area contributed by atoms with Crippen LogP contribution in [0, 0.1) is 0 Å². The molecular weight excluding hydrogens is 348 g/mol. The number of amides is 2. The Bertz CT molecular complexity index is 768. The Kier molecular flexibility index (Phi) is 5.15. The first-order chi connectivity index (χ1) is 12.7. The lowest BCUT2D eigenvalue weighted by Crippen LogP contribution is -2.39. The average molecular weight is 374 g/mol. The third-order valence-corrected chi connectivity index (χ3v) is 4.59. The van der Waals surface area contributed by atoms with Gasteiger partial charge in [-0.05, 0) is 51.0 Å². The molecule has 146 valence electrons. The molecule has 7 heteroatoms. The lowest BCUT2D eigenvalue weighted by Gasteiger charge is -2.29. The van der Waals surface area contributed by atoms with E-state index in [1.807, 2.05) is 33.0 Å². The molecule has 1 saturated carbocycles. The van der Waals surface area contributed by atoms with E-state index < -0.39 is 5.60 Å². The first-order valence-corrected chi connectivity index (χ1v) is 8.98. The van der Waals surface area contributed by atoms with Crippen LogP contribution in [0.3, 0.4) is 0 Å². The van der Waals surface area contributed by atoms with E-state index >= 15 is 0 Å². The molecule has 0 unspecified atom stereocenters. The van der Waals surface area contributed by atoms with E-state index in [2.05, 4.69) is 0 Å². The fourth-order valence-electron chi connectivity index (χ4n) is 3.29. The van der Waals surface area contributed by atoms with Gasteiger partial charge in [-0.3, -0.25) is 14.5 Å². The topological polar surface area (TPSA) is 68.3 Å². The van der Waals surface area contributed by atoms with Gasteiger partial charge in [0.25, 0.3) is 5.91 Å². The van der Waals surface area contributed by atoms with Crippen LogP contribution in [0.15, 0.2) is 36.0 Å². The minimum Gasteiger partial charge on any atom is -0.486 e. The van der Waals surface area contributed by atoms with Crippen LogP contribution in [-0.4, -0.2) is 53.9 Å². The van der Waals surface area contributed by atoms with Gasteiger partial charge in [-0.25, -0.2) is 9.86 Å². The smallest absolute Gasteiger partial charge is 0.414 e. The zero-order valence-electron chi connectivity index (χ0n) is 16.4. The summed E-state index contributed by atoms with van der Waals surface area (Å²) in [6.07, 6.45) is 2.91. The number of carbonyl (C=O) groups excluding carboxylic acids is 2. The Morgan fingerprint density at radius 3 is 2.59 bits per heavy atom. The molecular formula is C20H26N2O5. The van der Waals surface area contributed by atoms with Gasteiger partial charge in [0, 0.05) is 31.3 Å². The molecule has 2 atom stereocenters. The standard InChI is InChI=1S/C20H26N2O5/c1-20(2,3)27-19(24)22-12-14-9-15(22)11-17(14)26-16-8-6-7-13(10-16)18(23)21(4)25-5/h6-8,10,12,15,17H,9,11H2,1-5H3/t15-,17+/m0/s1. The molecule has 0 spiro atoms. The molecule has 0 saturated heterocycles. The van der Waals surface area contributed by atoms with Crippen LogP contribution in [0.1, 0.15) is 44.0 Å². The van der Waals surface area contributed by atoms with Crippen molar-refractivity contribution in [1.82, 2.24) is 9.96 Å². The predicted octanol–water partition coefficient (Wildman–Crippen LogP) is 3.36. The summed E-state index contributed by atoms with van der Waals surface area (Å²) in [5.74, 6) is 0.374. The molecule has 1 fully saturated rings. The van der Waals surface area contributed by atoms with E-state index in [4.69, 9.17) is 14.3 Å². The van der Waals surface area contributed by atoms with Crippen LogP contribution in [0.2, 0.25) is 0 Å². The van der Waals surface area contributed by atoms with E-state index in [1.165, 1.54) is 7.11 Å². The second kappa shape index (κ2) is 7.23. The highest BCUT2D eigenvalue weighted by Gasteiger charge is 2.43. The second-order valence-corrected chi connectivity index (χ2v) is 7.80. The summed E-state index contributed by atoms with van der Waals surface area (Å²) in [6.45, 7) is 5.56. The summed E-state index contributed by atoms with van der Waals surface area (Å²) >= 11 is 0. The Morgan fingerprint density at radius 1 is 1.26 bits per heavy atom. The molecule has 1 heterocycles. The van der Waals surface area contributed by atoms with Gasteiger partial charge in [0.15, 0.2) is 0 Å². The van der Waals surface area contributed by atoms with Crippen molar-refractivity contribution < 1.29 is 23.9 Å². The van der Waals surface area contributed by atoms with E-state index in [9.17, 15) is 9.59 Å². The Balaban J connectivity index is 1.67. The van der Waals surface area contributed by atoms with Gasteiger partial charge in [0.1, 0.15) is 17.5 Å². The van der Waals surface area contributed by atoms with Crippen LogP contribution in [0.25, 0.3) is 0 Å². The summed E-state index contributed by atoms with van der Waals surface area (Å²) in [6, 6.07) is 7.08. The molecule has 2 bridgehead atoms. The number of carbonyl (C=O) groups is 2. The Morgan fingerprint density at radius 2 is 2.00 bits per heavy atom. The normalized spacial score (nSPS) is 21.1. The van der Waals surface area contributed by atoms with Crippen molar-refractivity contribution in [3.8, 4) is 5.75 Å². The summed E-state index contributed by atoms with van der Waals surface area (Å²) in [7, 11) is 3.00. The van der Waals surface area contributed by atoms with Crippen molar-refractivity contribution >= 4 is 12.0 Å². The summed E-state index contributed by atoms with van der Waals surface area (Å²) in [5.41, 5.74) is 1.04. The number of benzene rings is 1. The van der Waals surface area contributed by atoms with Gasteiger partial charge in [0.05, 0.1) is 7.11 Å². The summed E-state index contributed by atoms with van der Waals surface area (Å²) in [5, 5.41) is 1.16. The van der Waals surface area contributed by atoms with E-state index in [-0.39, 0.29) is 24.1 Å². The zero-order valence-corrected chi connectivity index (χ0v) is 16.4. The highest BCUT2D eigenvalue weighted by Crippen LogP contribution is 2.39. The number of rotatable bonds is 4. The van der Waals surface area contributed by atoms with E-state index in [0.29, 0.717) is 17.7 Å². The number of hydroxylamine groups is 2. The SMILES string of the molecule is CON(C)C(=O)c1cccc(O[C@@H]2C[C@@H]3CC2=CN3C(=O)OC(C)(C)C)c1. The number of hydrogen-bond acceptors (Lipinski definition) is 5. The second-order valence-electron chi connectivity index (χ2n) is 7.80. The first-order valence-electron chi connectivity index (χ1n) is 8.98. The Labute approximate surface area is 159 Å². The van der Waals surface area contributed by atoms with Gasteiger partial charge in [-0.1, -0.05) is 6.07 Å². The van der Waals surface area contributed by atoms with Crippen LogP contribution in [0.4, 0.5) is 4.79 Å². The average Bonchev–Trinajstić information content (AvgIpc) is 3.19. The van der Waals surface area contributed by atoms with Crippen LogP contribution >= 0.6 is 0 Å². The summed E-state index contributed by atoms with van der Waals surface area (Å²) < 4.78 is 11.5. The maximum absolute atomic E-state index is 12.3. The molecule has 1 aromatic carbocycles. The van der Waals surface area contributed by atoms with Crippen LogP contribution < -0.4 is 4.74 Å². The largest absolute Gasteiger partial charge is 0.486 e. The lowest BCUT2D eigenvalue weighted by atomic mass is 10.1. The molecule has 0 N–H and O–H groups in total. The monoisotopic (exact) mass is 374 g/mol. The van der Waals surface area contributed by atoms with Crippen molar-refractivity contribution in [3.63, 3.8) is 0 Å². The number of fused-ring (bicyclic) bond motifs is 2. The minimum absolute atomic E-state index is 0.0595. The molecule has 3 rings (SSSR count). The highest BCUT2D eigenvalue weighted by molar-refractivity contribution is 5.93.